The van der Waals surface area contributed by atoms with Gasteiger partial charge in [-0.15, -0.1) is 0 Å². The molecule has 0 amide bonds. The van der Waals surface area contributed by atoms with E-state index < -0.39 is 0 Å². The predicted octanol–water partition coefficient (Wildman–Crippen LogP) is 3.47. The summed E-state index contributed by atoms with van der Waals surface area (Å²) in [6, 6.07) is 0. The van der Waals surface area contributed by atoms with Crippen LogP contribution in [0.5, 0.6) is 0 Å². The first-order valence-corrected chi connectivity index (χ1v) is 7.32. The van der Waals surface area contributed by atoms with Gasteiger partial charge in [-0.1, -0.05) is 0 Å². The van der Waals surface area contributed by atoms with Crippen LogP contribution >= 0.6 is 0 Å². The lowest BCUT2D eigenvalue weighted by Gasteiger charge is -2.87. The summed E-state index contributed by atoms with van der Waals surface area (Å²) in [7, 11) is 0. The molecule has 0 aromatic heterocycles. The Kier molecular flexibility index (Phi) is 0.847. The lowest BCUT2D eigenvalue weighted by Crippen LogP contribution is -2.80. The molecule has 0 N–H and O–H groups in total. The molecule has 15 heavy (non-hydrogen) atoms. The van der Waals surface area contributed by atoms with Gasteiger partial charge < -0.3 is 0 Å². The van der Waals surface area contributed by atoms with E-state index in [0.717, 1.165) is 10.8 Å². The van der Waals surface area contributed by atoms with E-state index in [2.05, 4.69) is 0 Å². The molecule has 0 aliphatic heterocycles. The molecule has 80 valence electrons. The predicted molar refractivity (Wildman–Crippen MR) is 58.1 cm³/mol. The van der Waals surface area contributed by atoms with Crippen LogP contribution in [0.4, 0.5) is 0 Å². The number of hydrogen-bond donors (Lipinski definition) is 0. The SMILES string of the molecule is C1C2CC34CC5(C2)C3CC2C[C@@H]4C1[C@H]5C2. The van der Waals surface area contributed by atoms with Gasteiger partial charge in [-0.2, -0.15) is 0 Å². The van der Waals surface area contributed by atoms with E-state index in [1.54, 1.807) is 44.9 Å². The van der Waals surface area contributed by atoms with Gasteiger partial charge in [0, 0.05) is 0 Å². The van der Waals surface area contributed by atoms with E-state index in [1.165, 1.54) is 35.5 Å². The molecule has 0 radical (unpaired) electrons. The molecule has 2 unspecified atom stereocenters. The quantitative estimate of drug-likeness (QED) is 0.561. The largest absolute Gasteiger partial charge is 0.0470 e. The Bertz CT molecular complexity index is 338. The van der Waals surface area contributed by atoms with Crippen LogP contribution in [-0.2, 0) is 0 Å². The third-order valence-electron chi connectivity index (χ3n) is 8.24. The average molecular weight is 200 g/mol. The lowest BCUT2D eigenvalue weighted by atomic mass is 9.17. The third-order valence-corrected chi connectivity index (χ3v) is 8.24. The maximum absolute atomic E-state index is 1.71. The van der Waals surface area contributed by atoms with Crippen molar-refractivity contribution in [2.45, 2.75) is 44.9 Å². The molecular formula is C15H20. The molecule has 8 bridgehead atoms. The molecule has 9 aliphatic carbocycles. The van der Waals surface area contributed by atoms with Crippen molar-refractivity contribution in [3.63, 3.8) is 0 Å². The fourth-order valence-electron chi connectivity index (χ4n) is 8.60. The van der Waals surface area contributed by atoms with Crippen LogP contribution in [-0.4, -0.2) is 0 Å². The highest BCUT2D eigenvalue weighted by Gasteiger charge is 2.82. The van der Waals surface area contributed by atoms with Crippen molar-refractivity contribution in [1.29, 1.82) is 0 Å². The van der Waals surface area contributed by atoms with Gasteiger partial charge >= 0.3 is 0 Å². The topological polar surface area (TPSA) is 0 Å². The fraction of sp³-hybridized carbons (Fsp3) is 1.00. The third kappa shape index (κ3) is 0.492. The van der Waals surface area contributed by atoms with Gasteiger partial charge in [-0.3, -0.25) is 0 Å². The van der Waals surface area contributed by atoms with Gasteiger partial charge in [0.25, 0.3) is 0 Å². The fourth-order valence-corrected chi connectivity index (χ4v) is 8.60. The molecule has 0 aromatic rings. The molecule has 9 aliphatic rings. The summed E-state index contributed by atoms with van der Waals surface area (Å²) in [4.78, 5) is 0. The Labute approximate surface area is 91.8 Å². The van der Waals surface area contributed by atoms with Gasteiger partial charge in [-0.05, 0) is 91.3 Å². The van der Waals surface area contributed by atoms with Crippen LogP contribution < -0.4 is 0 Å². The maximum atomic E-state index is 1.71. The molecular weight excluding hydrogens is 180 g/mol. The van der Waals surface area contributed by atoms with Crippen LogP contribution in [0.3, 0.4) is 0 Å². The van der Waals surface area contributed by atoms with Gasteiger partial charge in [-0.25, -0.2) is 0 Å². The minimum Gasteiger partial charge on any atom is -0.0470 e. The van der Waals surface area contributed by atoms with E-state index in [0.29, 0.717) is 0 Å². The highest BCUT2D eigenvalue weighted by Crippen LogP contribution is 2.89. The smallest absolute Gasteiger partial charge is 0.0224 e. The summed E-state index contributed by atoms with van der Waals surface area (Å²) in [6.07, 6.45) is 11.7. The molecule has 0 nitrogen and oxygen atoms in total. The number of hydrogen-bond acceptors (Lipinski definition) is 0. The van der Waals surface area contributed by atoms with Crippen molar-refractivity contribution in [1.82, 2.24) is 0 Å². The molecule has 9 fully saturated rings. The summed E-state index contributed by atoms with van der Waals surface area (Å²) in [5.41, 5.74) is 1.92. The van der Waals surface area contributed by atoms with Crippen molar-refractivity contribution >= 4 is 0 Å². The van der Waals surface area contributed by atoms with E-state index >= 15 is 0 Å². The summed E-state index contributed by atoms with van der Waals surface area (Å²) in [5, 5.41) is 0. The zero-order chi connectivity index (χ0) is 9.41. The van der Waals surface area contributed by atoms with Crippen LogP contribution in [0, 0.1) is 46.3 Å². The van der Waals surface area contributed by atoms with E-state index in [9.17, 15) is 0 Å². The van der Waals surface area contributed by atoms with Crippen molar-refractivity contribution in [3.05, 3.63) is 0 Å². The highest BCUT2D eigenvalue weighted by atomic mass is 14.9. The Hall–Kier alpha value is 0. The Balaban J connectivity index is 1.68. The molecule has 0 saturated heterocycles. The molecule has 9 saturated carbocycles. The van der Waals surface area contributed by atoms with E-state index in [1.807, 2.05) is 0 Å². The van der Waals surface area contributed by atoms with Crippen molar-refractivity contribution < 1.29 is 0 Å². The summed E-state index contributed by atoms with van der Waals surface area (Å²) >= 11 is 0. The second-order valence-corrected chi connectivity index (χ2v) is 8.16. The molecule has 4 atom stereocenters. The van der Waals surface area contributed by atoms with E-state index in [4.69, 9.17) is 0 Å². The van der Waals surface area contributed by atoms with Crippen LogP contribution in [0.15, 0.2) is 0 Å². The summed E-state index contributed by atoms with van der Waals surface area (Å²) < 4.78 is 0. The monoisotopic (exact) mass is 200 g/mol. The summed E-state index contributed by atoms with van der Waals surface area (Å²) in [6.45, 7) is 0. The minimum atomic E-state index is 0.958. The Morgan fingerprint density at radius 1 is 0.733 bits per heavy atom. The van der Waals surface area contributed by atoms with Crippen LogP contribution in [0.1, 0.15) is 44.9 Å². The molecule has 0 heterocycles. The molecule has 9 rings (SSSR count). The minimum absolute atomic E-state index is 0.958. The van der Waals surface area contributed by atoms with Crippen molar-refractivity contribution in [2.24, 2.45) is 46.3 Å². The normalized spacial score (nSPS) is 80.0. The lowest BCUT2D eigenvalue weighted by molar-refractivity contribution is -0.388. The van der Waals surface area contributed by atoms with Crippen molar-refractivity contribution in [2.75, 3.05) is 0 Å². The second kappa shape index (κ2) is 1.73. The zero-order valence-corrected chi connectivity index (χ0v) is 9.41. The average Bonchev–Trinajstić information content (AvgIpc) is 2.23. The maximum Gasteiger partial charge on any atom is -0.0224 e. The summed E-state index contributed by atoms with van der Waals surface area (Å²) in [5.74, 6) is 7.34. The first-order chi connectivity index (χ1) is 7.32. The van der Waals surface area contributed by atoms with Crippen LogP contribution in [0.2, 0.25) is 0 Å². The number of rotatable bonds is 0. The standard InChI is InChI=1S/C15H20/c1-9-5-14-7-15(6-9)12-3-8(4-13(14)15)2-11(14)10(1)12/h8-13H,1-7H2/t8?,9?,10?,11-,12-,13?,14?,15?/m1/s1. The van der Waals surface area contributed by atoms with Gasteiger partial charge in [0.1, 0.15) is 0 Å². The Morgan fingerprint density at radius 3 is 2.20 bits per heavy atom. The second-order valence-electron chi connectivity index (χ2n) is 8.16. The molecule has 2 spiro atoms. The first-order valence-electron chi connectivity index (χ1n) is 7.32. The van der Waals surface area contributed by atoms with Gasteiger partial charge in [0.05, 0.1) is 0 Å². The molecule has 0 aromatic carbocycles. The van der Waals surface area contributed by atoms with E-state index in [-0.39, 0.29) is 0 Å². The Morgan fingerprint density at radius 2 is 1.47 bits per heavy atom. The van der Waals surface area contributed by atoms with Crippen LogP contribution in [0.25, 0.3) is 0 Å². The van der Waals surface area contributed by atoms with Crippen molar-refractivity contribution in [3.8, 4) is 0 Å². The van der Waals surface area contributed by atoms with Gasteiger partial charge in [0.2, 0.25) is 0 Å². The molecule has 0 heteroatoms. The highest BCUT2D eigenvalue weighted by molar-refractivity contribution is 5.30. The van der Waals surface area contributed by atoms with Gasteiger partial charge in [0.15, 0.2) is 0 Å². The zero-order valence-electron chi connectivity index (χ0n) is 9.41. The first kappa shape index (κ1) is 7.35.